The maximum absolute atomic E-state index is 6.22. The summed E-state index contributed by atoms with van der Waals surface area (Å²) in [4.78, 5) is 0. The molecule has 1 atom stereocenters. The first-order valence-corrected chi connectivity index (χ1v) is 7.10. The zero-order valence-corrected chi connectivity index (χ0v) is 12.9. The molecule has 0 amide bonds. The Labute approximate surface area is 126 Å². The Morgan fingerprint density at radius 2 is 2.05 bits per heavy atom. The number of methoxy groups -OCH3 is 1. The van der Waals surface area contributed by atoms with Gasteiger partial charge in [-0.1, -0.05) is 29.8 Å². The third-order valence-corrected chi connectivity index (χ3v) is 4.19. The summed E-state index contributed by atoms with van der Waals surface area (Å²) in [5, 5.41) is 0.679. The number of ether oxygens (including phenoxy) is 1. The molecule has 19 heavy (non-hydrogen) atoms. The first-order valence-electron chi connectivity index (χ1n) is 5.93. The van der Waals surface area contributed by atoms with Gasteiger partial charge in [0.15, 0.2) is 0 Å². The van der Waals surface area contributed by atoms with Gasteiger partial charge in [0, 0.05) is 10.5 Å². The van der Waals surface area contributed by atoms with Crippen LogP contribution in [0.4, 0.5) is 0 Å². The Bertz CT molecular complexity index is 574. The van der Waals surface area contributed by atoms with E-state index >= 15 is 0 Å². The highest BCUT2D eigenvalue weighted by atomic mass is 79.9. The van der Waals surface area contributed by atoms with Gasteiger partial charge in [-0.05, 0) is 57.7 Å². The second kappa shape index (κ2) is 6.42. The van der Waals surface area contributed by atoms with Crippen molar-refractivity contribution in [3.63, 3.8) is 0 Å². The Hall–Kier alpha value is -1.03. The molecule has 0 aliphatic carbocycles. The number of nitrogens with two attached hydrogens (primary N) is 1. The third kappa shape index (κ3) is 3.72. The summed E-state index contributed by atoms with van der Waals surface area (Å²) in [6.07, 6.45) is 0.745. The van der Waals surface area contributed by atoms with Gasteiger partial charge in [-0.15, -0.1) is 0 Å². The van der Waals surface area contributed by atoms with E-state index in [1.807, 2.05) is 42.5 Å². The average Bonchev–Trinajstić information content (AvgIpc) is 2.42. The van der Waals surface area contributed by atoms with Gasteiger partial charge in [-0.2, -0.15) is 0 Å². The SMILES string of the molecule is COc1cccc(CC(N)c2ccc(Br)c(Cl)c2)c1. The quantitative estimate of drug-likeness (QED) is 0.898. The van der Waals surface area contributed by atoms with Crippen molar-refractivity contribution in [3.8, 4) is 5.75 Å². The van der Waals surface area contributed by atoms with Gasteiger partial charge in [0.05, 0.1) is 12.1 Å². The first-order chi connectivity index (χ1) is 9.10. The summed E-state index contributed by atoms with van der Waals surface area (Å²) >= 11 is 9.46. The van der Waals surface area contributed by atoms with Crippen LogP contribution in [0.3, 0.4) is 0 Å². The molecule has 0 radical (unpaired) electrons. The molecule has 2 aromatic carbocycles. The fraction of sp³-hybridized carbons (Fsp3) is 0.200. The molecular weight excluding hydrogens is 326 g/mol. The highest BCUT2D eigenvalue weighted by molar-refractivity contribution is 9.10. The van der Waals surface area contributed by atoms with Gasteiger partial charge < -0.3 is 10.5 Å². The van der Waals surface area contributed by atoms with Crippen LogP contribution in [0.15, 0.2) is 46.9 Å². The minimum absolute atomic E-state index is 0.0855. The summed E-state index contributed by atoms with van der Waals surface area (Å²) in [6.45, 7) is 0. The van der Waals surface area contributed by atoms with Crippen LogP contribution in [0.2, 0.25) is 5.02 Å². The van der Waals surface area contributed by atoms with Crippen LogP contribution in [0, 0.1) is 0 Å². The monoisotopic (exact) mass is 339 g/mol. The minimum atomic E-state index is -0.0855. The lowest BCUT2D eigenvalue weighted by atomic mass is 10.00. The molecule has 2 nitrogen and oxygen atoms in total. The van der Waals surface area contributed by atoms with E-state index in [-0.39, 0.29) is 6.04 Å². The summed E-state index contributed by atoms with van der Waals surface area (Å²) in [5.41, 5.74) is 8.39. The summed E-state index contributed by atoms with van der Waals surface area (Å²) in [6, 6.07) is 13.7. The van der Waals surface area contributed by atoms with Crippen molar-refractivity contribution < 1.29 is 4.74 Å². The van der Waals surface area contributed by atoms with Gasteiger partial charge in [-0.3, -0.25) is 0 Å². The molecular formula is C15H15BrClNO. The van der Waals surface area contributed by atoms with Crippen molar-refractivity contribution in [2.24, 2.45) is 5.73 Å². The largest absolute Gasteiger partial charge is 0.497 e. The summed E-state index contributed by atoms with van der Waals surface area (Å²) < 4.78 is 6.09. The average molecular weight is 341 g/mol. The Morgan fingerprint density at radius 3 is 2.74 bits per heavy atom. The van der Waals surface area contributed by atoms with Crippen molar-refractivity contribution in [1.82, 2.24) is 0 Å². The van der Waals surface area contributed by atoms with Crippen molar-refractivity contribution in [3.05, 3.63) is 63.1 Å². The standard InChI is InChI=1S/C15H15BrClNO/c1-19-12-4-2-3-10(7-12)8-15(18)11-5-6-13(16)14(17)9-11/h2-7,9,15H,8,18H2,1H3. The maximum atomic E-state index is 6.22. The van der Waals surface area contributed by atoms with Crippen molar-refractivity contribution >= 4 is 27.5 Å². The minimum Gasteiger partial charge on any atom is -0.497 e. The molecule has 0 heterocycles. The molecule has 2 rings (SSSR count). The smallest absolute Gasteiger partial charge is 0.119 e. The second-order valence-corrected chi connectivity index (χ2v) is 5.60. The molecule has 0 saturated carbocycles. The molecule has 100 valence electrons. The van der Waals surface area contributed by atoms with E-state index in [1.165, 1.54) is 0 Å². The zero-order valence-electron chi connectivity index (χ0n) is 10.6. The van der Waals surface area contributed by atoms with Crippen molar-refractivity contribution in [2.45, 2.75) is 12.5 Å². The molecule has 0 fully saturated rings. The van der Waals surface area contributed by atoms with E-state index in [4.69, 9.17) is 22.1 Å². The summed E-state index contributed by atoms with van der Waals surface area (Å²) in [7, 11) is 1.66. The van der Waals surface area contributed by atoms with Gasteiger partial charge in [0.1, 0.15) is 5.75 Å². The van der Waals surface area contributed by atoms with Gasteiger partial charge >= 0.3 is 0 Å². The number of benzene rings is 2. The van der Waals surface area contributed by atoms with E-state index in [9.17, 15) is 0 Å². The molecule has 2 aromatic rings. The van der Waals surface area contributed by atoms with Crippen molar-refractivity contribution in [1.29, 1.82) is 0 Å². The highest BCUT2D eigenvalue weighted by Crippen LogP contribution is 2.27. The lowest BCUT2D eigenvalue weighted by molar-refractivity contribution is 0.414. The van der Waals surface area contributed by atoms with Crippen LogP contribution in [0.25, 0.3) is 0 Å². The Balaban J connectivity index is 2.15. The van der Waals surface area contributed by atoms with Crippen LogP contribution in [0.5, 0.6) is 5.75 Å². The molecule has 0 aliphatic heterocycles. The van der Waals surface area contributed by atoms with E-state index in [2.05, 4.69) is 15.9 Å². The first kappa shape index (κ1) is 14.4. The molecule has 4 heteroatoms. The third-order valence-electron chi connectivity index (χ3n) is 2.96. The Kier molecular flexibility index (Phi) is 4.86. The second-order valence-electron chi connectivity index (χ2n) is 4.34. The van der Waals surface area contributed by atoms with Crippen LogP contribution in [-0.2, 0) is 6.42 Å². The fourth-order valence-electron chi connectivity index (χ4n) is 1.91. The van der Waals surface area contributed by atoms with Gasteiger partial charge in [-0.25, -0.2) is 0 Å². The van der Waals surface area contributed by atoms with E-state index in [0.717, 1.165) is 27.8 Å². The molecule has 0 aromatic heterocycles. The molecule has 0 saturated heterocycles. The van der Waals surface area contributed by atoms with Gasteiger partial charge in [0.2, 0.25) is 0 Å². The molecule has 2 N–H and O–H groups in total. The van der Waals surface area contributed by atoms with E-state index < -0.39 is 0 Å². The van der Waals surface area contributed by atoms with E-state index in [0.29, 0.717) is 5.02 Å². The van der Waals surface area contributed by atoms with Crippen molar-refractivity contribution in [2.75, 3.05) is 7.11 Å². The van der Waals surface area contributed by atoms with Crippen LogP contribution >= 0.6 is 27.5 Å². The normalized spacial score (nSPS) is 12.2. The summed E-state index contributed by atoms with van der Waals surface area (Å²) in [5.74, 6) is 0.846. The predicted molar refractivity (Wildman–Crippen MR) is 82.8 cm³/mol. The number of hydrogen-bond donors (Lipinski definition) is 1. The molecule has 1 unspecified atom stereocenters. The fourth-order valence-corrected chi connectivity index (χ4v) is 2.35. The molecule has 0 aliphatic rings. The lowest BCUT2D eigenvalue weighted by Crippen LogP contribution is -2.13. The number of hydrogen-bond acceptors (Lipinski definition) is 2. The zero-order chi connectivity index (χ0) is 13.8. The predicted octanol–water partition coefficient (Wildman–Crippen LogP) is 4.35. The molecule has 0 spiro atoms. The Morgan fingerprint density at radius 1 is 1.26 bits per heavy atom. The number of rotatable bonds is 4. The van der Waals surface area contributed by atoms with Crippen LogP contribution in [-0.4, -0.2) is 7.11 Å². The molecule has 0 bridgehead atoms. The highest BCUT2D eigenvalue weighted by Gasteiger charge is 2.09. The van der Waals surface area contributed by atoms with Crippen LogP contribution in [0.1, 0.15) is 17.2 Å². The lowest BCUT2D eigenvalue weighted by Gasteiger charge is -2.13. The number of halogens is 2. The van der Waals surface area contributed by atoms with Crippen LogP contribution < -0.4 is 10.5 Å². The maximum Gasteiger partial charge on any atom is 0.119 e. The van der Waals surface area contributed by atoms with Gasteiger partial charge in [0.25, 0.3) is 0 Å². The van der Waals surface area contributed by atoms with E-state index in [1.54, 1.807) is 7.11 Å². The topological polar surface area (TPSA) is 35.2 Å².